The quantitative estimate of drug-likeness (QED) is 0.113. The fraction of sp³-hybridized carbons (Fsp3) is 0.286. The summed E-state index contributed by atoms with van der Waals surface area (Å²) >= 11 is 0. The van der Waals surface area contributed by atoms with E-state index in [1.807, 2.05) is 24.3 Å². The first-order chi connectivity index (χ1) is 23.3. The van der Waals surface area contributed by atoms with Crippen molar-refractivity contribution >= 4 is 18.7 Å². The molecule has 2 unspecified atom stereocenters. The minimum atomic E-state index is -2.70. The van der Waals surface area contributed by atoms with E-state index < -0.39 is 13.9 Å². The average Bonchev–Trinajstić information content (AvgIpc) is 3.59. The topological polar surface area (TPSA) is 49.0 Å². The van der Waals surface area contributed by atoms with Gasteiger partial charge in [0.2, 0.25) is 0 Å². The molecule has 1 heterocycles. The second-order valence-corrected chi connectivity index (χ2v) is 17.8. The van der Waals surface area contributed by atoms with Crippen molar-refractivity contribution in [3.05, 3.63) is 156 Å². The summed E-state index contributed by atoms with van der Waals surface area (Å²) in [6, 6.07) is 48.6. The van der Waals surface area contributed by atoms with Crippen molar-refractivity contribution in [2.24, 2.45) is 0 Å². The molecule has 1 fully saturated rings. The van der Waals surface area contributed by atoms with Gasteiger partial charge >= 0.3 is 0 Å². The maximum atomic E-state index is 7.50. The molecule has 48 heavy (non-hydrogen) atoms. The van der Waals surface area contributed by atoms with Crippen LogP contribution < -0.4 is 25.2 Å². The Hall–Kier alpha value is -4.20. The number of benzene rings is 5. The highest BCUT2D eigenvalue weighted by atomic mass is 28.4. The van der Waals surface area contributed by atoms with Gasteiger partial charge in [-0.1, -0.05) is 154 Å². The van der Waals surface area contributed by atoms with Gasteiger partial charge in [-0.05, 0) is 39.0 Å². The summed E-state index contributed by atoms with van der Waals surface area (Å²) in [4.78, 5) is 0. The van der Waals surface area contributed by atoms with Gasteiger partial charge in [-0.15, -0.1) is 0 Å². The second kappa shape index (κ2) is 14.5. The number of nitrogens with one attached hydrogen (secondary N) is 1. The van der Waals surface area contributed by atoms with Crippen molar-refractivity contribution in [3.63, 3.8) is 0 Å². The van der Waals surface area contributed by atoms with Crippen LogP contribution in [0, 0.1) is 0 Å². The fourth-order valence-electron chi connectivity index (χ4n) is 7.40. The first-order valence-corrected chi connectivity index (χ1v) is 18.7. The molecule has 2 atom stereocenters. The molecule has 6 rings (SSSR count). The lowest BCUT2D eigenvalue weighted by Gasteiger charge is -2.44. The van der Waals surface area contributed by atoms with E-state index in [-0.39, 0.29) is 17.2 Å². The average molecular weight is 658 g/mol. The normalized spacial score (nSPS) is 16.9. The van der Waals surface area contributed by atoms with Gasteiger partial charge in [0, 0.05) is 18.2 Å². The van der Waals surface area contributed by atoms with Gasteiger partial charge in [-0.3, -0.25) is 0 Å². The Kier molecular flexibility index (Phi) is 10.2. The molecule has 0 bridgehead atoms. The fourth-order valence-corrected chi connectivity index (χ4v) is 12.1. The lowest BCUT2D eigenvalue weighted by atomic mass is 9.79. The van der Waals surface area contributed by atoms with E-state index in [0.717, 1.165) is 29.7 Å². The highest BCUT2D eigenvalue weighted by molar-refractivity contribution is 6.99. The predicted octanol–water partition coefficient (Wildman–Crippen LogP) is 7.32. The zero-order chi connectivity index (χ0) is 33.6. The van der Waals surface area contributed by atoms with E-state index in [1.165, 1.54) is 10.4 Å². The molecule has 0 aromatic heterocycles. The molecule has 0 radical (unpaired) electrons. The third-order valence-corrected chi connectivity index (χ3v) is 14.7. The molecule has 0 amide bonds. The molecule has 248 valence electrons. The van der Waals surface area contributed by atoms with Crippen molar-refractivity contribution in [2.75, 3.05) is 27.4 Å². The molecule has 0 spiro atoms. The third kappa shape index (κ3) is 6.33. The van der Waals surface area contributed by atoms with Gasteiger partial charge in [-0.25, -0.2) is 0 Å². The zero-order valence-corrected chi connectivity index (χ0v) is 29.7. The SMILES string of the molecule is COc1cccc(C(OCC2CC(O[Si](c3ccccc3)(c3ccccc3)C(C)(C)C)CN2)(c2ccccc2)c2ccccc2)c1OC. The van der Waals surface area contributed by atoms with Gasteiger partial charge in [0.1, 0.15) is 5.60 Å². The Labute approximate surface area is 287 Å². The van der Waals surface area contributed by atoms with Crippen LogP contribution in [0.1, 0.15) is 43.9 Å². The van der Waals surface area contributed by atoms with Crippen molar-refractivity contribution < 1.29 is 18.6 Å². The van der Waals surface area contributed by atoms with Crippen molar-refractivity contribution in [3.8, 4) is 11.5 Å². The lowest BCUT2D eigenvalue weighted by molar-refractivity contribution is -0.000172. The molecule has 1 aliphatic heterocycles. The monoisotopic (exact) mass is 657 g/mol. The number of para-hydroxylation sites is 1. The number of hydrogen-bond acceptors (Lipinski definition) is 5. The summed E-state index contributed by atoms with van der Waals surface area (Å²) < 4.78 is 26.6. The highest BCUT2D eigenvalue weighted by Crippen LogP contribution is 2.47. The van der Waals surface area contributed by atoms with Gasteiger partial charge in [0.15, 0.2) is 11.5 Å². The summed E-state index contributed by atoms with van der Waals surface area (Å²) in [5.74, 6) is 1.31. The molecule has 1 aliphatic rings. The Morgan fingerprint density at radius 3 is 1.65 bits per heavy atom. The largest absolute Gasteiger partial charge is 0.493 e. The Bertz CT molecular complexity index is 1660. The number of ether oxygens (including phenoxy) is 3. The maximum absolute atomic E-state index is 7.50. The second-order valence-electron chi connectivity index (χ2n) is 13.5. The number of methoxy groups -OCH3 is 2. The van der Waals surface area contributed by atoms with Crippen LogP contribution in [-0.2, 0) is 14.8 Å². The molecular formula is C42H47NO4Si. The summed E-state index contributed by atoms with van der Waals surface area (Å²) in [7, 11) is 0.663. The van der Waals surface area contributed by atoms with Crippen molar-refractivity contribution in [2.45, 2.75) is 50.0 Å². The molecule has 0 saturated carbocycles. The van der Waals surface area contributed by atoms with Crippen LogP contribution in [0.15, 0.2) is 140 Å². The van der Waals surface area contributed by atoms with Gasteiger partial charge in [0.25, 0.3) is 8.32 Å². The van der Waals surface area contributed by atoms with Gasteiger partial charge in [0.05, 0.1) is 26.9 Å². The summed E-state index contributed by atoms with van der Waals surface area (Å²) in [5, 5.41) is 6.27. The smallest absolute Gasteiger partial charge is 0.261 e. The van der Waals surface area contributed by atoms with E-state index in [9.17, 15) is 0 Å². The van der Waals surface area contributed by atoms with Crippen LogP contribution in [0.5, 0.6) is 11.5 Å². The Balaban J connectivity index is 1.36. The molecule has 5 nitrogen and oxygen atoms in total. The van der Waals surface area contributed by atoms with Crippen molar-refractivity contribution in [1.82, 2.24) is 5.32 Å². The molecule has 1 saturated heterocycles. The molecule has 5 aromatic carbocycles. The molecule has 6 heteroatoms. The molecule has 1 N–H and O–H groups in total. The van der Waals surface area contributed by atoms with Crippen LogP contribution >= 0.6 is 0 Å². The van der Waals surface area contributed by atoms with E-state index in [1.54, 1.807) is 14.2 Å². The van der Waals surface area contributed by atoms with Crippen LogP contribution in [0.4, 0.5) is 0 Å². The van der Waals surface area contributed by atoms with E-state index in [2.05, 4.69) is 141 Å². The zero-order valence-electron chi connectivity index (χ0n) is 28.7. The van der Waals surface area contributed by atoms with Crippen LogP contribution in [-0.4, -0.2) is 47.8 Å². The summed E-state index contributed by atoms with van der Waals surface area (Å²) in [6.45, 7) is 8.21. The van der Waals surface area contributed by atoms with E-state index >= 15 is 0 Å². The first kappa shape index (κ1) is 33.7. The Morgan fingerprint density at radius 2 is 1.17 bits per heavy atom. The van der Waals surface area contributed by atoms with Crippen molar-refractivity contribution in [1.29, 1.82) is 0 Å². The summed E-state index contributed by atoms with van der Waals surface area (Å²) in [6.07, 6.45) is 0.860. The minimum Gasteiger partial charge on any atom is -0.493 e. The predicted molar refractivity (Wildman–Crippen MR) is 197 cm³/mol. The first-order valence-electron chi connectivity index (χ1n) is 16.8. The minimum absolute atomic E-state index is 0.0270. The number of hydrogen-bond donors (Lipinski definition) is 1. The van der Waals surface area contributed by atoms with Crippen LogP contribution in [0.3, 0.4) is 0 Å². The van der Waals surface area contributed by atoms with E-state index in [0.29, 0.717) is 18.1 Å². The number of rotatable bonds is 12. The highest BCUT2D eigenvalue weighted by Gasteiger charge is 2.52. The molecule has 0 aliphatic carbocycles. The third-order valence-electron chi connectivity index (χ3n) is 9.59. The standard InChI is InChI=1S/C42H47NO4Si/c1-41(2,3)48(36-23-14-8-15-24-36,37-25-16-9-17-26-37)47-35-29-34(43-30-35)31-46-42(32-19-10-6-11-20-32,33-21-12-7-13-22-33)38-27-18-28-39(44-4)40(38)45-5/h6-28,34-35,43H,29-31H2,1-5H3. The van der Waals surface area contributed by atoms with Gasteiger partial charge in [-0.2, -0.15) is 0 Å². The van der Waals surface area contributed by atoms with E-state index in [4.69, 9.17) is 18.6 Å². The Morgan fingerprint density at radius 1 is 0.646 bits per heavy atom. The molecular weight excluding hydrogens is 611 g/mol. The summed E-state index contributed by atoms with van der Waals surface area (Å²) in [5.41, 5.74) is 1.96. The van der Waals surface area contributed by atoms with Crippen LogP contribution in [0.25, 0.3) is 0 Å². The van der Waals surface area contributed by atoms with Gasteiger partial charge < -0.3 is 24.0 Å². The van der Waals surface area contributed by atoms with Crippen LogP contribution in [0.2, 0.25) is 5.04 Å². The molecule has 5 aromatic rings. The lowest BCUT2D eigenvalue weighted by Crippen LogP contribution is -2.67. The maximum Gasteiger partial charge on any atom is 0.261 e.